The van der Waals surface area contributed by atoms with Crippen molar-refractivity contribution in [3.8, 4) is 0 Å². The summed E-state index contributed by atoms with van der Waals surface area (Å²) in [6, 6.07) is 12.8. The molecule has 2 rings (SSSR count). The van der Waals surface area contributed by atoms with Crippen molar-refractivity contribution in [1.29, 1.82) is 0 Å². The summed E-state index contributed by atoms with van der Waals surface area (Å²) in [6.07, 6.45) is 2.15. The van der Waals surface area contributed by atoms with Crippen LogP contribution in [0.15, 0.2) is 53.1 Å². The maximum atomic E-state index is 12.0. The molecule has 0 bridgehead atoms. The standard InChI is InChI=1S/C15H15BrN2O2/c16-12-6-7-14(17-9-12)15(20)18-13(10-19)8-11-4-2-1-3-5-11/h1-7,9,13,19H,8,10H2,(H,18,20)/t13-/m0/s1. The van der Waals surface area contributed by atoms with Crippen LogP contribution in [0.1, 0.15) is 16.1 Å². The number of halogens is 1. The smallest absolute Gasteiger partial charge is 0.270 e. The highest BCUT2D eigenvalue weighted by Gasteiger charge is 2.14. The average Bonchev–Trinajstić information content (AvgIpc) is 2.48. The first-order chi connectivity index (χ1) is 9.69. The van der Waals surface area contributed by atoms with Crippen molar-refractivity contribution in [3.63, 3.8) is 0 Å². The van der Waals surface area contributed by atoms with Crippen LogP contribution in [0.4, 0.5) is 0 Å². The third-order valence-corrected chi connectivity index (χ3v) is 3.31. The molecular formula is C15H15BrN2O2. The Morgan fingerprint density at radius 3 is 2.60 bits per heavy atom. The predicted octanol–water partition coefficient (Wildman–Crippen LogP) is 2.18. The Kier molecular flexibility index (Phi) is 5.26. The number of hydrogen-bond acceptors (Lipinski definition) is 3. The minimum atomic E-state index is -0.324. The fourth-order valence-electron chi connectivity index (χ4n) is 1.83. The van der Waals surface area contributed by atoms with Crippen molar-refractivity contribution < 1.29 is 9.90 Å². The largest absolute Gasteiger partial charge is 0.394 e. The summed E-state index contributed by atoms with van der Waals surface area (Å²) >= 11 is 3.27. The molecule has 2 N–H and O–H groups in total. The van der Waals surface area contributed by atoms with E-state index in [-0.39, 0.29) is 18.6 Å². The molecule has 1 atom stereocenters. The minimum absolute atomic E-state index is 0.114. The van der Waals surface area contributed by atoms with Gasteiger partial charge in [-0.05, 0) is 40.0 Å². The van der Waals surface area contributed by atoms with Gasteiger partial charge < -0.3 is 10.4 Å². The zero-order valence-electron chi connectivity index (χ0n) is 10.8. The van der Waals surface area contributed by atoms with Crippen molar-refractivity contribution >= 4 is 21.8 Å². The molecular weight excluding hydrogens is 320 g/mol. The van der Waals surface area contributed by atoms with Gasteiger partial charge in [0, 0.05) is 10.7 Å². The summed E-state index contributed by atoms with van der Waals surface area (Å²) in [7, 11) is 0. The first kappa shape index (κ1) is 14.7. The molecule has 0 aliphatic rings. The number of aromatic nitrogens is 1. The zero-order chi connectivity index (χ0) is 14.4. The lowest BCUT2D eigenvalue weighted by atomic mass is 10.1. The molecule has 2 aromatic rings. The molecule has 1 amide bonds. The average molecular weight is 335 g/mol. The first-order valence-electron chi connectivity index (χ1n) is 6.26. The number of amides is 1. The van der Waals surface area contributed by atoms with Gasteiger partial charge in [-0.25, -0.2) is 4.98 Å². The molecule has 20 heavy (non-hydrogen) atoms. The lowest BCUT2D eigenvalue weighted by Gasteiger charge is -2.16. The lowest BCUT2D eigenvalue weighted by Crippen LogP contribution is -2.39. The van der Waals surface area contributed by atoms with Gasteiger partial charge in [0.1, 0.15) is 5.69 Å². The van der Waals surface area contributed by atoms with E-state index in [0.717, 1.165) is 10.0 Å². The number of aliphatic hydroxyl groups excluding tert-OH is 1. The molecule has 0 spiro atoms. The number of pyridine rings is 1. The van der Waals surface area contributed by atoms with Crippen LogP contribution in [0.2, 0.25) is 0 Å². The molecule has 0 fully saturated rings. The van der Waals surface area contributed by atoms with Gasteiger partial charge in [-0.15, -0.1) is 0 Å². The Labute approximate surface area is 126 Å². The van der Waals surface area contributed by atoms with Crippen LogP contribution in [0, 0.1) is 0 Å². The molecule has 0 unspecified atom stereocenters. The molecule has 0 saturated carbocycles. The van der Waals surface area contributed by atoms with Crippen molar-refractivity contribution in [2.75, 3.05) is 6.61 Å². The van der Waals surface area contributed by atoms with E-state index in [1.807, 2.05) is 30.3 Å². The summed E-state index contributed by atoms with van der Waals surface area (Å²) < 4.78 is 0.817. The molecule has 4 nitrogen and oxygen atoms in total. The highest BCUT2D eigenvalue weighted by Crippen LogP contribution is 2.08. The second-order valence-electron chi connectivity index (χ2n) is 4.40. The van der Waals surface area contributed by atoms with Gasteiger partial charge in [-0.1, -0.05) is 30.3 Å². The number of aliphatic hydroxyl groups is 1. The topological polar surface area (TPSA) is 62.2 Å². The molecule has 104 valence electrons. The number of carbonyl (C=O) groups is 1. The van der Waals surface area contributed by atoms with E-state index >= 15 is 0 Å². The second-order valence-corrected chi connectivity index (χ2v) is 5.32. The third-order valence-electron chi connectivity index (χ3n) is 2.84. The summed E-state index contributed by atoms with van der Waals surface area (Å²) in [6.45, 7) is -0.114. The third kappa shape index (κ3) is 4.15. The highest BCUT2D eigenvalue weighted by molar-refractivity contribution is 9.10. The molecule has 1 heterocycles. The number of benzene rings is 1. The van der Waals surface area contributed by atoms with Crippen molar-refractivity contribution in [2.45, 2.75) is 12.5 Å². The van der Waals surface area contributed by atoms with E-state index in [4.69, 9.17) is 0 Å². The maximum Gasteiger partial charge on any atom is 0.270 e. The molecule has 1 aromatic heterocycles. The van der Waals surface area contributed by atoms with Gasteiger partial charge in [0.05, 0.1) is 12.6 Å². The summed E-state index contributed by atoms with van der Waals surface area (Å²) in [5.74, 6) is -0.285. The van der Waals surface area contributed by atoms with Crippen molar-refractivity contribution in [1.82, 2.24) is 10.3 Å². The molecule has 1 aromatic carbocycles. The summed E-state index contributed by atoms with van der Waals surface area (Å²) in [5, 5.41) is 12.2. The van der Waals surface area contributed by atoms with Crippen LogP contribution in [-0.2, 0) is 6.42 Å². The fourth-order valence-corrected chi connectivity index (χ4v) is 2.06. The molecule has 0 saturated heterocycles. The van der Waals surface area contributed by atoms with Gasteiger partial charge >= 0.3 is 0 Å². The quantitative estimate of drug-likeness (QED) is 0.880. The van der Waals surface area contributed by atoms with Gasteiger partial charge in [-0.3, -0.25) is 4.79 Å². The summed E-state index contributed by atoms with van der Waals surface area (Å²) in [5.41, 5.74) is 1.40. The Balaban J connectivity index is 1.99. The number of nitrogens with zero attached hydrogens (tertiary/aromatic N) is 1. The van der Waals surface area contributed by atoms with Gasteiger partial charge in [0.2, 0.25) is 0 Å². The number of hydrogen-bond donors (Lipinski definition) is 2. The summed E-state index contributed by atoms with van der Waals surface area (Å²) in [4.78, 5) is 16.0. The van der Waals surface area contributed by atoms with E-state index in [2.05, 4.69) is 26.2 Å². The minimum Gasteiger partial charge on any atom is -0.394 e. The monoisotopic (exact) mass is 334 g/mol. The van der Waals surface area contributed by atoms with E-state index in [1.165, 1.54) is 0 Å². The SMILES string of the molecule is O=C(N[C@H](CO)Cc1ccccc1)c1ccc(Br)cn1. The number of nitrogens with one attached hydrogen (secondary N) is 1. The lowest BCUT2D eigenvalue weighted by molar-refractivity contribution is 0.0911. The van der Waals surface area contributed by atoms with Crippen LogP contribution in [0.25, 0.3) is 0 Å². The number of carbonyl (C=O) groups excluding carboxylic acids is 1. The second kappa shape index (κ2) is 7.17. The molecule has 0 radical (unpaired) electrons. The fraction of sp³-hybridized carbons (Fsp3) is 0.200. The molecule has 0 aliphatic carbocycles. The predicted molar refractivity (Wildman–Crippen MR) is 80.4 cm³/mol. The molecule has 0 aliphatic heterocycles. The van der Waals surface area contributed by atoms with E-state index in [9.17, 15) is 9.90 Å². The van der Waals surface area contributed by atoms with Crippen LogP contribution in [0.3, 0.4) is 0 Å². The Hall–Kier alpha value is -1.72. The van der Waals surface area contributed by atoms with E-state index < -0.39 is 0 Å². The van der Waals surface area contributed by atoms with Crippen molar-refractivity contribution in [2.24, 2.45) is 0 Å². The van der Waals surface area contributed by atoms with Gasteiger partial charge in [0.25, 0.3) is 5.91 Å². The number of rotatable bonds is 5. The van der Waals surface area contributed by atoms with Crippen LogP contribution >= 0.6 is 15.9 Å². The van der Waals surface area contributed by atoms with Gasteiger partial charge in [-0.2, -0.15) is 0 Å². The Morgan fingerprint density at radius 1 is 1.25 bits per heavy atom. The normalized spacial score (nSPS) is 11.9. The van der Waals surface area contributed by atoms with E-state index in [0.29, 0.717) is 12.1 Å². The van der Waals surface area contributed by atoms with Crippen LogP contribution in [0.5, 0.6) is 0 Å². The van der Waals surface area contributed by atoms with Crippen LogP contribution < -0.4 is 5.32 Å². The van der Waals surface area contributed by atoms with Crippen molar-refractivity contribution in [3.05, 3.63) is 64.4 Å². The highest BCUT2D eigenvalue weighted by atomic mass is 79.9. The van der Waals surface area contributed by atoms with Gasteiger partial charge in [0.15, 0.2) is 0 Å². The Morgan fingerprint density at radius 2 is 2.00 bits per heavy atom. The zero-order valence-corrected chi connectivity index (χ0v) is 12.4. The van der Waals surface area contributed by atoms with E-state index in [1.54, 1.807) is 18.3 Å². The maximum absolute atomic E-state index is 12.0. The van der Waals surface area contributed by atoms with Crippen LogP contribution in [-0.4, -0.2) is 28.6 Å². The molecule has 5 heteroatoms. The Bertz CT molecular complexity index is 558. The first-order valence-corrected chi connectivity index (χ1v) is 7.05.